The summed E-state index contributed by atoms with van der Waals surface area (Å²) in [5, 5.41) is 11.2. The molecule has 11 heteroatoms. The minimum absolute atomic E-state index is 0.000165. The molecular formula is C27H21F2N7O2. The van der Waals surface area contributed by atoms with E-state index in [9.17, 15) is 9.18 Å². The number of hydrogen-bond acceptors (Lipinski definition) is 7. The second-order valence-electron chi connectivity index (χ2n) is 8.46. The van der Waals surface area contributed by atoms with Gasteiger partial charge in [0.05, 0.1) is 0 Å². The number of ether oxygens (including phenoxy) is 1. The van der Waals surface area contributed by atoms with Crippen molar-refractivity contribution in [1.29, 1.82) is 0 Å². The van der Waals surface area contributed by atoms with Crippen LogP contribution in [0.1, 0.15) is 11.3 Å². The van der Waals surface area contributed by atoms with E-state index in [4.69, 9.17) is 10.5 Å². The highest BCUT2D eigenvalue weighted by atomic mass is 19.1. The van der Waals surface area contributed by atoms with E-state index in [1.807, 2.05) is 13.0 Å². The number of hydrogen-bond donors (Lipinski definition) is 2. The SMILES string of the molecule is C=C(F)C(=O)Nc1ccc(-c2nn3ncnc(N)c3c2-c2ccc(Oc3cccc(C)n3)c(F)c2)c(C)c1. The number of nitrogens with zero attached hydrogens (tertiary/aromatic N) is 5. The van der Waals surface area contributed by atoms with Crippen molar-refractivity contribution in [3.63, 3.8) is 0 Å². The van der Waals surface area contributed by atoms with Crippen LogP contribution in [-0.2, 0) is 4.79 Å². The van der Waals surface area contributed by atoms with Crippen LogP contribution in [0.25, 0.3) is 27.9 Å². The molecule has 0 bridgehead atoms. The summed E-state index contributed by atoms with van der Waals surface area (Å²) in [6, 6.07) is 14.7. The van der Waals surface area contributed by atoms with Crippen LogP contribution in [-0.4, -0.2) is 30.7 Å². The lowest BCUT2D eigenvalue weighted by molar-refractivity contribution is -0.114. The number of fused-ring (bicyclic) bond motifs is 1. The maximum atomic E-state index is 15.3. The Kier molecular flexibility index (Phi) is 6.25. The van der Waals surface area contributed by atoms with Crippen molar-refractivity contribution in [2.24, 2.45) is 0 Å². The molecule has 0 radical (unpaired) electrons. The van der Waals surface area contributed by atoms with Crippen molar-refractivity contribution >= 4 is 22.9 Å². The van der Waals surface area contributed by atoms with Crippen molar-refractivity contribution in [3.05, 3.63) is 90.4 Å². The molecule has 0 atom stereocenters. The molecule has 0 fully saturated rings. The Morgan fingerprint density at radius 1 is 1.13 bits per heavy atom. The Labute approximate surface area is 215 Å². The Bertz CT molecular complexity index is 1730. The van der Waals surface area contributed by atoms with Crippen LogP contribution in [0.15, 0.2) is 73.3 Å². The fourth-order valence-electron chi connectivity index (χ4n) is 4.01. The summed E-state index contributed by atoms with van der Waals surface area (Å²) in [6.45, 7) is 6.60. The first-order valence-corrected chi connectivity index (χ1v) is 11.4. The van der Waals surface area contributed by atoms with Crippen molar-refractivity contribution in [2.75, 3.05) is 11.1 Å². The molecule has 3 aromatic heterocycles. The molecule has 3 N–H and O–H groups in total. The van der Waals surface area contributed by atoms with Crippen LogP contribution >= 0.6 is 0 Å². The zero-order valence-electron chi connectivity index (χ0n) is 20.4. The van der Waals surface area contributed by atoms with E-state index in [0.29, 0.717) is 39.2 Å². The summed E-state index contributed by atoms with van der Waals surface area (Å²) in [5.41, 5.74) is 10.5. The third-order valence-corrected chi connectivity index (χ3v) is 5.75. The molecule has 5 rings (SSSR count). The molecule has 2 aromatic carbocycles. The van der Waals surface area contributed by atoms with E-state index < -0.39 is 17.6 Å². The number of benzene rings is 2. The Morgan fingerprint density at radius 2 is 1.95 bits per heavy atom. The van der Waals surface area contributed by atoms with Crippen molar-refractivity contribution < 1.29 is 18.3 Å². The maximum Gasteiger partial charge on any atom is 0.283 e. The van der Waals surface area contributed by atoms with E-state index in [1.165, 1.54) is 23.1 Å². The summed E-state index contributed by atoms with van der Waals surface area (Å²) in [4.78, 5) is 20.0. The highest BCUT2D eigenvalue weighted by Gasteiger charge is 2.22. The van der Waals surface area contributed by atoms with Gasteiger partial charge in [-0.25, -0.2) is 18.7 Å². The predicted octanol–water partition coefficient (Wildman–Crippen LogP) is 5.41. The Morgan fingerprint density at radius 3 is 2.66 bits per heavy atom. The first-order chi connectivity index (χ1) is 18.2. The van der Waals surface area contributed by atoms with Crippen molar-refractivity contribution in [2.45, 2.75) is 13.8 Å². The van der Waals surface area contributed by atoms with Gasteiger partial charge in [0, 0.05) is 28.6 Å². The summed E-state index contributed by atoms with van der Waals surface area (Å²) >= 11 is 0. The number of halogens is 2. The summed E-state index contributed by atoms with van der Waals surface area (Å²) in [7, 11) is 0. The highest BCUT2D eigenvalue weighted by molar-refractivity contribution is 6.02. The summed E-state index contributed by atoms with van der Waals surface area (Å²) in [5.74, 6) is -2.23. The Hall–Kier alpha value is -5.19. The normalized spacial score (nSPS) is 10.9. The number of aromatic nitrogens is 5. The summed E-state index contributed by atoms with van der Waals surface area (Å²) < 4.78 is 35.4. The molecule has 9 nitrogen and oxygen atoms in total. The molecule has 38 heavy (non-hydrogen) atoms. The molecule has 0 saturated carbocycles. The minimum Gasteiger partial charge on any atom is -0.436 e. The van der Waals surface area contributed by atoms with Gasteiger partial charge in [-0.15, -0.1) is 14.8 Å². The lowest BCUT2D eigenvalue weighted by Gasteiger charge is -2.11. The zero-order chi connectivity index (χ0) is 27.0. The molecule has 5 aromatic rings. The van der Waals surface area contributed by atoms with Crippen LogP contribution < -0.4 is 15.8 Å². The number of carbonyl (C=O) groups is 1. The van der Waals surface area contributed by atoms with Crippen LogP contribution in [0.3, 0.4) is 0 Å². The molecule has 0 saturated heterocycles. The van der Waals surface area contributed by atoms with Gasteiger partial charge in [0.15, 0.2) is 23.2 Å². The molecule has 3 heterocycles. The van der Waals surface area contributed by atoms with Gasteiger partial charge in [-0.3, -0.25) is 4.79 Å². The van der Waals surface area contributed by atoms with Gasteiger partial charge in [0.2, 0.25) is 5.88 Å². The quantitative estimate of drug-likeness (QED) is 0.292. The van der Waals surface area contributed by atoms with Gasteiger partial charge in [0.25, 0.3) is 5.91 Å². The van der Waals surface area contributed by atoms with Gasteiger partial charge in [0.1, 0.15) is 17.5 Å². The summed E-state index contributed by atoms with van der Waals surface area (Å²) in [6.07, 6.45) is 1.27. The fourth-order valence-corrected chi connectivity index (χ4v) is 4.01. The molecule has 190 valence electrons. The van der Waals surface area contributed by atoms with Crippen LogP contribution in [0.4, 0.5) is 20.3 Å². The third-order valence-electron chi connectivity index (χ3n) is 5.75. The lowest BCUT2D eigenvalue weighted by atomic mass is 9.96. The Balaban J connectivity index is 1.61. The molecular weight excluding hydrogens is 492 g/mol. The van der Waals surface area contributed by atoms with Gasteiger partial charge in [-0.2, -0.15) is 0 Å². The average Bonchev–Trinajstić information content (AvgIpc) is 3.26. The van der Waals surface area contributed by atoms with Crippen LogP contribution in [0.2, 0.25) is 0 Å². The van der Waals surface area contributed by atoms with Crippen LogP contribution in [0, 0.1) is 19.7 Å². The molecule has 0 aliphatic heterocycles. The molecule has 0 unspecified atom stereocenters. The van der Waals surface area contributed by atoms with E-state index in [1.54, 1.807) is 43.3 Å². The number of nitrogens with two attached hydrogens (primary N) is 1. The van der Waals surface area contributed by atoms with E-state index in [-0.39, 0.29) is 17.4 Å². The molecule has 0 aliphatic rings. The monoisotopic (exact) mass is 513 g/mol. The van der Waals surface area contributed by atoms with Crippen molar-refractivity contribution in [3.8, 4) is 34.0 Å². The fraction of sp³-hybridized carbons (Fsp3) is 0.0741. The van der Waals surface area contributed by atoms with E-state index in [0.717, 1.165) is 5.69 Å². The van der Waals surface area contributed by atoms with Gasteiger partial charge in [-0.05, 0) is 55.3 Å². The van der Waals surface area contributed by atoms with Gasteiger partial charge >= 0.3 is 0 Å². The lowest BCUT2D eigenvalue weighted by Crippen LogP contribution is -2.11. The maximum absolute atomic E-state index is 15.3. The van der Waals surface area contributed by atoms with Gasteiger partial charge < -0.3 is 15.8 Å². The second kappa shape index (κ2) is 9.69. The number of carbonyl (C=O) groups excluding carboxylic acids is 1. The number of amides is 1. The number of aryl methyl sites for hydroxylation is 2. The first kappa shape index (κ1) is 24.5. The predicted molar refractivity (Wildman–Crippen MR) is 139 cm³/mol. The number of nitrogens with one attached hydrogen (secondary N) is 1. The number of anilines is 2. The largest absolute Gasteiger partial charge is 0.436 e. The first-order valence-electron chi connectivity index (χ1n) is 11.4. The second-order valence-corrected chi connectivity index (χ2v) is 8.46. The smallest absolute Gasteiger partial charge is 0.283 e. The van der Waals surface area contributed by atoms with Crippen LogP contribution in [0.5, 0.6) is 11.6 Å². The number of rotatable bonds is 6. The number of pyridine rings is 1. The average molecular weight is 514 g/mol. The van der Waals surface area contributed by atoms with E-state index in [2.05, 4.69) is 32.1 Å². The minimum atomic E-state index is -1.10. The highest BCUT2D eigenvalue weighted by Crippen LogP contribution is 2.40. The van der Waals surface area contributed by atoms with Crippen molar-refractivity contribution in [1.82, 2.24) is 24.8 Å². The zero-order valence-corrected chi connectivity index (χ0v) is 20.4. The molecule has 0 aliphatic carbocycles. The third kappa shape index (κ3) is 4.64. The number of nitrogen functional groups attached to an aromatic ring is 1. The molecule has 0 spiro atoms. The molecule has 1 amide bonds. The van der Waals surface area contributed by atoms with E-state index >= 15 is 4.39 Å². The van der Waals surface area contributed by atoms with Gasteiger partial charge in [-0.1, -0.05) is 24.8 Å². The standard InChI is InChI=1S/C27H21F2N7O2/c1-14-11-18(34-27(37)16(3)28)8-9-19(14)24-23(25-26(30)31-13-32-36(25)35-24)17-7-10-21(20(29)12-17)38-22-6-4-5-15(2)33-22/h4-13H,3H2,1-2H3,(H,34,37)(H2,30,31,32). The topological polar surface area (TPSA) is 120 Å².